The Hall–Kier alpha value is -1.39. The average Bonchev–Trinajstić information content (AvgIpc) is 2.60. The van der Waals surface area contributed by atoms with Crippen LogP contribution in [0, 0.1) is 11.8 Å². The van der Waals surface area contributed by atoms with Crippen LogP contribution in [0.3, 0.4) is 0 Å². The molecule has 0 aliphatic carbocycles. The number of carbonyl (C=O) groups is 1. The van der Waals surface area contributed by atoms with Gasteiger partial charge in [0, 0.05) is 26.1 Å². The summed E-state index contributed by atoms with van der Waals surface area (Å²) < 4.78 is 0. The lowest BCUT2D eigenvalue weighted by Gasteiger charge is -2.30. The van der Waals surface area contributed by atoms with Crippen LogP contribution in [-0.2, 0) is 11.2 Å². The molecule has 23 heavy (non-hydrogen) atoms. The third-order valence-corrected chi connectivity index (χ3v) is 4.90. The number of nitrogens with zero attached hydrogens (tertiary/aromatic N) is 1. The highest BCUT2D eigenvalue weighted by Crippen LogP contribution is 2.23. The first-order valence-corrected chi connectivity index (χ1v) is 8.93. The van der Waals surface area contributed by atoms with Gasteiger partial charge in [0.05, 0.1) is 0 Å². The Morgan fingerprint density at radius 3 is 2.78 bits per heavy atom. The summed E-state index contributed by atoms with van der Waals surface area (Å²) in [4.78, 5) is 14.6. The summed E-state index contributed by atoms with van der Waals surface area (Å²) in [7, 11) is 0. The highest BCUT2D eigenvalue weighted by molar-refractivity contribution is 5.76. The number of hydrogen-bond donors (Lipinski definition) is 2. The summed E-state index contributed by atoms with van der Waals surface area (Å²) in [5.74, 6) is 1.32. The third kappa shape index (κ3) is 5.96. The molecule has 3 N–H and O–H groups in total. The summed E-state index contributed by atoms with van der Waals surface area (Å²) in [5.41, 5.74) is 6.98. The maximum atomic E-state index is 12.7. The lowest BCUT2D eigenvalue weighted by atomic mass is 9.85. The van der Waals surface area contributed by atoms with Crippen LogP contribution >= 0.6 is 0 Å². The molecule has 0 aromatic heterocycles. The Balaban J connectivity index is 1.84. The van der Waals surface area contributed by atoms with Crippen LogP contribution in [0.5, 0.6) is 0 Å². The number of nitrogens with one attached hydrogen (secondary N) is 1. The van der Waals surface area contributed by atoms with Gasteiger partial charge < -0.3 is 16.0 Å². The van der Waals surface area contributed by atoms with Gasteiger partial charge in [-0.1, -0.05) is 37.3 Å². The molecule has 4 nitrogen and oxygen atoms in total. The van der Waals surface area contributed by atoms with Crippen molar-refractivity contribution >= 4 is 5.91 Å². The molecular weight excluding hydrogens is 286 g/mol. The van der Waals surface area contributed by atoms with Crippen molar-refractivity contribution in [1.82, 2.24) is 10.2 Å². The monoisotopic (exact) mass is 317 g/mol. The Morgan fingerprint density at radius 1 is 1.35 bits per heavy atom. The number of hydrogen-bond acceptors (Lipinski definition) is 3. The number of nitrogens with two attached hydrogens (primary N) is 1. The van der Waals surface area contributed by atoms with Crippen molar-refractivity contribution < 1.29 is 4.79 Å². The molecule has 0 saturated carbocycles. The van der Waals surface area contributed by atoms with E-state index < -0.39 is 0 Å². The van der Waals surface area contributed by atoms with E-state index in [4.69, 9.17) is 5.73 Å². The lowest BCUT2D eigenvalue weighted by Crippen LogP contribution is -2.40. The minimum absolute atomic E-state index is 0.254. The molecule has 0 spiro atoms. The molecule has 1 aliphatic rings. The van der Waals surface area contributed by atoms with Gasteiger partial charge in [-0.15, -0.1) is 0 Å². The quantitative estimate of drug-likeness (QED) is 0.771. The second-order valence-electron chi connectivity index (χ2n) is 6.69. The van der Waals surface area contributed by atoms with Crippen LogP contribution in [0.1, 0.15) is 31.7 Å². The second-order valence-corrected chi connectivity index (χ2v) is 6.69. The molecular formula is C19H31N3O. The number of piperidine rings is 1. The smallest absolute Gasteiger partial charge is 0.222 e. The first-order valence-electron chi connectivity index (χ1n) is 8.93. The summed E-state index contributed by atoms with van der Waals surface area (Å²) in [5, 5.41) is 3.45. The zero-order valence-corrected chi connectivity index (χ0v) is 14.3. The normalized spacial score (nSPS) is 19.3. The van der Waals surface area contributed by atoms with Gasteiger partial charge >= 0.3 is 0 Å². The van der Waals surface area contributed by atoms with E-state index in [0.29, 0.717) is 31.3 Å². The summed E-state index contributed by atoms with van der Waals surface area (Å²) in [6, 6.07) is 10.3. The Labute approximate surface area is 140 Å². The van der Waals surface area contributed by atoms with E-state index in [1.54, 1.807) is 0 Å². The number of amides is 1. The van der Waals surface area contributed by atoms with Crippen molar-refractivity contribution in [1.29, 1.82) is 0 Å². The van der Waals surface area contributed by atoms with Gasteiger partial charge in [-0.2, -0.15) is 0 Å². The Morgan fingerprint density at radius 2 is 2.13 bits per heavy atom. The topological polar surface area (TPSA) is 58.4 Å². The summed E-state index contributed by atoms with van der Waals surface area (Å²) in [6.07, 6.45) is 4.00. The minimum Gasteiger partial charge on any atom is -0.341 e. The molecule has 4 heteroatoms. The lowest BCUT2D eigenvalue weighted by molar-refractivity contribution is -0.132. The van der Waals surface area contributed by atoms with Gasteiger partial charge in [-0.25, -0.2) is 0 Å². The van der Waals surface area contributed by atoms with Crippen LogP contribution in [-0.4, -0.2) is 43.5 Å². The molecule has 2 unspecified atom stereocenters. The molecule has 1 saturated heterocycles. The van der Waals surface area contributed by atoms with E-state index in [9.17, 15) is 4.79 Å². The van der Waals surface area contributed by atoms with E-state index in [0.717, 1.165) is 26.1 Å². The van der Waals surface area contributed by atoms with Gasteiger partial charge in [-0.3, -0.25) is 4.79 Å². The van der Waals surface area contributed by atoms with Crippen molar-refractivity contribution in [3.05, 3.63) is 35.9 Å². The fourth-order valence-corrected chi connectivity index (χ4v) is 3.36. The van der Waals surface area contributed by atoms with E-state index in [1.165, 1.54) is 18.4 Å². The predicted molar refractivity (Wildman–Crippen MR) is 95.2 cm³/mol. The van der Waals surface area contributed by atoms with Gasteiger partial charge in [0.25, 0.3) is 0 Å². The highest BCUT2D eigenvalue weighted by atomic mass is 16.2. The maximum Gasteiger partial charge on any atom is 0.222 e. The fraction of sp³-hybridized carbons (Fsp3) is 0.632. The molecule has 1 amide bonds. The highest BCUT2D eigenvalue weighted by Gasteiger charge is 2.24. The van der Waals surface area contributed by atoms with E-state index in [1.807, 2.05) is 23.1 Å². The molecule has 0 bridgehead atoms. The van der Waals surface area contributed by atoms with E-state index >= 15 is 0 Å². The van der Waals surface area contributed by atoms with Crippen LogP contribution in [0.2, 0.25) is 0 Å². The van der Waals surface area contributed by atoms with Crippen molar-refractivity contribution in [3.8, 4) is 0 Å². The van der Waals surface area contributed by atoms with Crippen molar-refractivity contribution in [3.63, 3.8) is 0 Å². The number of benzene rings is 1. The van der Waals surface area contributed by atoms with Crippen LogP contribution in [0.4, 0.5) is 0 Å². The number of rotatable bonds is 8. The predicted octanol–water partition coefficient (Wildman–Crippen LogP) is 2.04. The van der Waals surface area contributed by atoms with Crippen LogP contribution in [0.15, 0.2) is 30.3 Å². The SMILES string of the molecule is CC(CC(=O)N(CCN)CCc1ccccc1)C1CCCNC1. The standard InChI is InChI=1S/C19H31N3O/c1-16(18-8-5-11-21-15-18)14-19(23)22(13-10-20)12-9-17-6-3-2-4-7-17/h2-4,6-7,16,18,21H,5,8-15,20H2,1H3. The summed E-state index contributed by atoms with van der Waals surface area (Å²) in [6.45, 7) is 6.33. The molecule has 1 fully saturated rings. The minimum atomic E-state index is 0.254. The molecule has 1 aliphatic heterocycles. The van der Waals surface area contributed by atoms with Gasteiger partial charge in [-0.05, 0) is 49.8 Å². The van der Waals surface area contributed by atoms with Crippen molar-refractivity contribution in [2.75, 3.05) is 32.7 Å². The molecule has 2 atom stereocenters. The third-order valence-electron chi connectivity index (χ3n) is 4.90. The zero-order valence-electron chi connectivity index (χ0n) is 14.3. The van der Waals surface area contributed by atoms with Crippen LogP contribution in [0.25, 0.3) is 0 Å². The van der Waals surface area contributed by atoms with E-state index in [2.05, 4.69) is 24.4 Å². The average molecular weight is 317 g/mol. The van der Waals surface area contributed by atoms with Crippen molar-refractivity contribution in [2.24, 2.45) is 17.6 Å². The van der Waals surface area contributed by atoms with E-state index in [-0.39, 0.29) is 5.91 Å². The molecule has 1 aromatic carbocycles. The first-order chi connectivity index (χ1) is 11.2. The number of carbonyl (C=O) groups excluding carboxylic acids is 1. The van der Waals surface area contributed by atoms with Crippen LogP contribution < -0.4 is 11.1 Å². The fourth-order valence-electron chi connectivity index (χ4n) is 3.36. The molecule has 1 aromatic rings. The molecule has 128 valence electrons. The summed E-state index contributed by atoms with van der Waals surface area (Å²) >= 11 is 0. The molecule has 2 rings (SSSR count). The van der Waals surface area contributed by atoms with Gasteiger partial charge in [0.15, 0.2) is 0 Å². The first kappa shape index (κ1) is 18.0. The molecule has 1 heterocycles. The largest absolute Gasteiger partial charge is 0.341 e. The van der Waals surface area contributed by atoms with Gasteiger partial charge in [0.2, 0.25) is 5.91 Å². The van der Waals surface area contributed by atoms with Gasteiger partial charge in [0.1, 0.15) is 0 Å². The zero-order chi connectivity index (χ0) is 16.5. The maximum absolute atomic E-state index is 12.7. The molecule has 0 radical (unpaired) electrons. The Bertz CT molecular complexity index is 457. The van der Waals surface area contributed by atoms with Crippen molar-refractivity contribution in [2.45, 2.75) is 32.6 Å². The second kappa shape index (κ2) is 9.68. The Kier molecular flexibility index (Phi) is 7.56.